The summed E-state index contributed by atoms with van der Waals surface area (Å²) in [4.78, 5) is 146. The number of Topliss-reactive ketones (excluding diaryl/α,β-unsaturated/α-hetero) is 1. The van der Waals surface area contributed by atoms with Gasteiger partial charge in [-0.05, 0) is 103 Å². The first-order valence-electron chi connectivity index (χ1n) is 42.8. The van der Waals surface area contributed by atoms with E-state index >= 15 is 0 Å². The average molecular weight is 1810 g/mol. The maximum Gasteiger partial charge on any atom is 0.328 e. The number of amides is 6. The number of nitrogens with zero attached hydrogens (tertiary/aromatic N) is 3. The number of H-pyrrole nitrogens is 4. The molecule has 16 N–H and O–H groups in total. The van der Waals surface area contributed by atoms with Gasteiger partial charge in [0.25, 0.3) is 11.8 Å². The third kappa shape index (κ3) is 30.4. The second kappa shape index (κ2) is 51.2. The van der Waals surface area contributed by atoms with Crippen LogP contribution < -0.4 is 31.9 Å². The molecule has 6 amide bonds. The van der Waals surface area contributed by atoms with Crippen LogP contribution in [0.2, 0.25) is 0 Å². The first-order chi connectivity index (χ1) is 61.9. The molecule has 130 heavy (non-hydrogen) atoms. The number of rotatable bonds is 46. The van der Waals surface area contributed by atoms with Gasteiger partial charge < -0.3 is 121 Å². The fourth-order valence-corrected chi connectivity index (χ4v) is 14.7. The number of hydrogen-bond donors (Lipinski definition) is 16. The second-order valence-corrected chi connectivity index (χ2v) is 33.3. The standard InChI is InChI=1S/C36H47N5O7.C32H42N4O8.C26H38N4O8/c1-21(42)32(44)31(33(47-6)36(2,3)4)41-48-20-25(43)16-22(15-23-18-38-28-13-9-7-11-26(23)28)34(45)40-30(35(46)37-5)17-24-19-39-29-14-10-8-12-27(24)29;1-19(2)30(42-4)28(29(39)20(3)37)36-44-18-27(38)34-25(16-22-17-33-24-14-10-9-13-23(22)24)31(40)35-26(32(41)43-5)15-21-11-7-6-8-12-21;1-14(2)24(36-5)22(23(33)16(4)31)30-38-13-21(32)29-20(25(34)28-15(3)26(35)37-6)11-17-12-27-19-10-8-7-9-18(17)19/h7-14,18-19,21-22,30,32-33,38-39,42,44H,15-17,20H2,1-6H3,(H,37,46)(H,40,45);6-14,17,19-20,25-26,29-30,33,37,39H,15-16,18H2,1-5H3,(H,34,38)(H,35,40);7-10,12,14-16,20,23-24,27,31,33H,11,13H2,1-6H3,(H,28,34)(H,29,32)/b41-31+;36-28+;30-22+/t21-,22-,30+,32+,33-;20-,25+,26-,29+,30+;15-,16+,20-,23-,24-/m110/s1. The Hall–Kier alpha value is -12.3. The van der Waals surface area contributed by atoms with Gasteiger partial charge in [0.1, 0.15) is 84.0 Å². The monoisotopic (exact) mass is 1810 g/mol. The number of methoxy groups -OCH3 is 5. The summed E-state index contributed by atoms with van der Waals surface area (Å²) in [6.07, 6.45) is -1.81. The number of ether oxygens (including phenoxy) is 5. The highest BCUT2D eigenvalue weighted by Gasteiger charge is 2.38. The summed E-state index contributed by atoms with van der Waals surface area (Å²) in [7, 11) is 8.30. The number of oxime groups is 3. The first-order valence-corrected chi connectivity index (χ1v) is 42.8. The Bertz CT molecular complexity index is 5260. The number of aromatic nitrogens is 4. The fourth-order valence-electron chi connectivity index (χ4n) is 14.7. The zero-order chi connectivity index (χ0) is 95.6. The zero-order valence-corrected chi connectivity index (χ0v) is 76.6. The molecule has 0 spiro atoms. The number of aliphatic hydroxyl groups excluding tert-OH is 6. The van der Waals surface area contributed by atoms with Crippen LogP contribution >= 0.6 is 0 Å². The van der Waals surface area contributed by atoms with Crippen LogP contribution in [0.3, 0.4) is 0 Å². The van der Waals surface area contributed by atoms with E-state index < -0.39 is 164 Å². The number of benzene rings is 5. The number of aliphatic hydroxyl groups is 6. The van der Waals surface area contributed by atoms with Crippen LogP contribution in [0, 0.1) is 23.2 Å². The molecule has 0 radical (unpaired) electrons. The molecule has 706 valence electrons. The van der Waals surface area contributed by atoms with E-state index in [1.165, 1.54) is 70.3 Å². The highest BCUT2D eigenvalue weighted by Crippen LogP contribution is 2.29. The van der Waals surface area contributed by atoms with Crippen LogP contribution in [0.5, 0.6) is 0 Å². The maximum absolute atomic E-state index is 13.9. The summed E-state index contributed by atoms with van der Waals surface area (Å²) in [6.45, 7) is 17.1. The van der Waals surface area contributed by atoms with Crippen molar-refractivity contribution in [1.82, 2.24) is 51.8 Å². The number of esters is 2. The van der Waals surface area contributed by atoms with E-state index in [1.54, 1.807) is 12.4 Å². The molecule has 5 aromatic carbocycles. The topological polar surface area (TPSA) is 521 Å². The first kappa shape index (κ1) is 105. The number of fused-ring (bicyclic) bond motifs is 4. The average Bonchev–Trinajstić information content (AvgIpc) is 1.42. The number of aromatic amines is 4. The van der Waals surface area contributed by atoms with Gasteiger partial charge in [-0.3, -0.25) is 33.6 Å². The highest BCUT2D eigenvalue weighted by atomic mass is 16.6. The van der Waals surface area contributed by atoms with Crippen molar-refractivity contribution in [2.75, 3.05) is 62.4 Å². The lowest BCUT2D eigenvalue weighted by Gasteiger charge is -2.32. The number of carbonyl (C=O) groups is 9. The van der Waals surface area contributed by atoms with Crippen molar-refractivity contribution in [2.45, 2.75) is 200 Å². The number of hydrogen-bond acceptors (Lipinski definition) is 26. The molecule has 0 unspecified atom stereocenters. The van der Waals surface area contributed by atoms with E-state index in [4.69, 9.17) is 33.5 Å². The minimum absolute atomic E-state index is 0.0280. The van der Waals surface area contributed by atoms with Gasteiger partial charge in [-0.15, -0.1) is 0 Å². The second-order valence-electron chi connectivity index (χ2n) is 33.3. The molecule has 36 heteroatoms. The van der Waals surface area contributed by atoms with E-state index in [2.05, 4.69) is 72.0 Å². The van der Waals surface area contributed by atoms with Crippen molar-refractivity contribution in [2.24, 2.45) is 38.6 Å². The third-order valence-corrected chi connectivity index (χ3v) is 21.5. The molecule has 9 aromatic rings. The summed E-state index contributed by atoms with van der Waals surface area (Å²) in [5, 5.41) is 92.9. The molecule has 4 heterocycles. The molecule has 0 saturated heterocycles. The predicted molar refractivity (Wildman–Crippen MR) is 489 cm³/mol. The summed E-state index contributed by atoms with van der Waals surface area (Å²) in [6, 6.07) is 34.7. The van der Waals surface area contributed by atoms with Gasteiger partial charge in [0, 0.05) is 135 Å². The Morgan fingerprint density at radius 1 is 0.385 bits per heavy atom. The quantitative estimate of drug-likeness (QED) is 0.0119. The molecular formula is C94H127N13O23. The van der Waals surface area contributed by atoms with Gasteiger partial charge >= 0.3 is 11.9 Å². The van der Waals surface area contributed by atoms with E-state index in [1.807, 2.05) is 188 Å². The largest absolute Gasteiger partial charge is 0.467 e. The Morgan fingerprint density at radius 3 is 1.09 bits per heavy atom. The zero-order valence-electron chi connectivity index (χ0n) is 76.6. The van der Waals surface area contributed by atoms with Gasteiger partial charge in [-0.25, -0.2) is 9.59 Å². The number of likely N-dealkylation sites (N-methyl/N-ethyl adjacent to an activating group) is 1. The predicted octanol–water partition coefficient (Wildman–Crippen LogP) is 5.96. The summed E-state index contributed by atoms with van der Waals surface area (Å²) in [5.41, 5.74) is 7.25. The van der Waals surface area contributed by atoms with Crippen LogP contribution in [-0.4, -0.2) is 268 Å². The smallest absolute Gasteiger partial charge is 0.328 e. The molecule has 0 aliphatic heterocycles. The van der Waals surface area contributed by atoms with Gasteiger partial charge in [0.05, 0.1) is 32.5 Å². The molecular weight excluding hydrogens is 1680 g/mol. The molecule has 9 rings (SSSR count). The number of para-hydroxylation sites is 4. The third-order valence-electron chi connectivity index (χ3n) is 21.5. The molecule has 36 nitrogen and oxygen atoms in total. The molecule has 0 aliphatic carbocycles. The molecule has 0 bridgehead atoms. The molecule has 15 atom stereocenters. The number of carbonyl (C=O) groups excluding carboxylic acids is 9. The van der Waals surface area contributed by atoms with Crippen molar-refractivity contribution in [3.05, 3.63) is 180 Å². The van der Waals surface area contributed by atoms with E-state index in [9.17, 15) is 73.8 Å². The highest BCUT2D eigenvalue weighted by molar-refractivity contribution is 5.98. The summed E-state index contributed by atoms with van der Waals surface area (Å²) in [5.74, 6) is -6.07. The lowest BCUT2D eigenvalue weighted by Crippen LogP contribution is -2.53. The minimum Gasteiger partial charge on any atom is -0.467 e. The van der Waals surface area contributed by atoms with E-state index in [-0.39, 0.29) is 73.4 Å². The van der Waals surface area contributed by atoms with Crippen molar-refractivity contribution in [3.8, 4) is 0 Å². The van der Waals surface area contributed by atoms with Crippen molar-refractivity contribution >= 4 is 114 Å². The fraction of sp³-hybridized carbons (Fsp3) is 0.468. The van der Waals surface area contributed by atoms with Crippen molar-refractivity contribution < 1.29 is 112 Å². The number of nitrogens with one attached hydrogen (secondary N) is 10. The van der Waals surface area contributed by atoms with Gasteiger partial charge in [0.15, 0.2) is 25.6 Å². The lowest BCUT2D eigenvalue weighted by atomic mass is 9.83. The molecule has 4 aromatic heterocycles. The summed E-state index contributed by atoms with van der Waals surface area (Å²) >= 11 is 0. The van der Waals surface area contributed by atoms with Gasteiger partial charge in [-0.1, -0.05) is 167 Å². The molecule has 0 aliphatic rings. The Labute approximate surface area is 755 Å². The normalized spacial score (nSPS) is 15.5. The van der Waals surface area contributed by atoms with E-state index in [0.717, 1.165) is 71.4 Å². The van der Waals surface area contributed by atoms with Gasteiger partial charge in [-0.2, -0.15) is 0 Å². The SMILES string of the molecule is CNC(=O)[C@H](Cc1c[nH]c2ccccc12)NC(=O)[C@@H](CC(=O)CO/N=C(\[C@@H](O)[C@@H](C)O)[C@@H](OC)C(C)(C)C)Cc1c[nH]c2ccccc12.COC(=O)[C@@H](Cc1ccccc1)NC(=O)[C@H](Cc1c[nH]c2ccccc12)NC(=O)CO/N=C(/[C@@H](OC)C(C)C)[C@@H](O)[C@@H](C)O.COC(=O)[C@H](C)NC(=O)[C@H](Cc1c[nH]c2ccccc12)NC(=O)CO/N=C(/[C@@H](OC)C(C)C)[C@@H](O)[C@@H](C)O. The van der Waals surface area contributed by atoms with Crippen LogP contribution in [-0.2, 0) is 113 Å². The Morgan fingerprint density at radius 2 is 0.731 bits per heavy atom. The summed E-state index contributed by atoms with van der Waals surface area (Å²) < 4.78 is 26.0. The number of ketones is 1. The Kier molecular flexibility index (Phi) is 41.3. The lowest BCUT2D eigenvalue weighted by molar-refractivity contribution is -0.145. The van der Waals surface area contributed by atoms with Crippen LogP contribution in [0.4, 0.5) is 0 Å². The minimum atomic E-state index is -1.39. The van der Waals surface area contributed by atoms with E-state index in [0.29, 0.717) is 0 Å². The van der Waals surface area contributed by atoms with Crippen LogP contribution in [0.25, 0.3) is 43.6 Å². The molecule has 0 saturated carbocycles. The van der Waals surface area contributed by atoms with Gasteiger partial charge in [0.2, 0.25) is 23.6 Å². The molecule has 0 fully saturated rings. The van der Waals surface area contributed by atoms with Crippen LogP contribution in [0.1, 0.15) is 110 Å². The maximum atomic E-state index is 13.9. The van der Waals surface area contributed by atoms with Crippen molar-refractivity contribution in [3.63, 3.8) is 0 Å². The Balaban J connectivity index is 0.000000269. The van der Waals surface area contributed by atoms with Crippen LogP contribution in [0.15, 0.2) is 168 Å². The van der Waals surface area contributed by atoms with Crippen molar-refractivity contribution in [1.29, 1.82) is 0 Å².